The van der Waals surface area contributed by atoms with Crippen molar-refractivity contribution in [2.75, 3.05) is 0 Å². The molecule has 1 heteroatoms. The number of allylic oxidation sites excluding steroid dienone is 4. The van der Waals surface area contributed by atoms with Crippen LogP contribution in [0.2, 0.25) is 0 Å². The molecule has 4 atom stereocenters. The van der Waals surface area contributed by atoms with E-state index in [-0.39, 0.29) is 5.92 Å². The van der Waals surface area contributed by atoms with Crippen molar-refractivity contribution in [3.8, 4) is 0 Å². The monoisotopic (exact) mass is 232 g/mol. The third kappa shape index (κ3) is 3.10. The summed E-state index contributed by atoms with van der Waals surface area (Å²) < 4.78 is 0. The SMILES string of the molecule is CC1C=CCCC1C=CC1CCC=CC1(C)O. The quantitative estimate of drug-likeness (QED) is 0.717. The average Bonchev–Trinajstić information content (AvgIpc) is 2.29. The van der Waals surface area contributed by atoms with Gasteiger partial charge in [0.25, 0.3) is 0 Å². The maximum Gasteiger partial charge on any atom is 0.0862 e. The molecule has 0 saturated heterocycles. The Hall–Kier alpha value is -0.820. The molecule has 0 amide bonds. The van der Waals surface area contributed by atoms with E-state index >= 15 is 0 Å². The summed E-state index contributed by atoms with van der Waals surface area (Å²) in [4.78, 5) is 0. The smallest absolute Gasteiger partial charge is 0.0862 e. The maximum absolute atomic E-state index is 10.3. The first-order valence-electron chi connectivity index (χ1n) is 6.84. The number of rotatable bonds is 2. The Labute approximate surface area is 105 Å². The maximum atomic E-state index is 10.3. The molecule has 0 aromatic carbocycles. The Bertz CT molecular complexity index is 335. The Morgan fingerprint density at radius 2 is 1.94 bits per heavy atom. The van der Waals surface area contributed by atoms with Crippen LogP contribution in [0.5, 0.6) is 0 Å². The van der Waals surface area contributed by atoms with Crippen LogP contribution in [0.3, 0.4) is 0 Å². The fourth-order valence-electron chi connectivity index (χ4n) is 2.86. The summed E-state index contributed by atoms with van der Waals surface area (Å²) in [5.74, 6) is 1.58. The lowest BCUT2D eigenvalue weighted by Crippen LogP contribution is -2.33. The van der Waals surface area contributed by atoms with Crippen LogP contribution >= 0.6 is 0 Å². The first kappa shape index (κ1) is 12.6. The van der Waals surface area contributed by atoms with Gasteiger partial charge >= 0.3 is 0 Å². The predicted octanol–water partition coefficient (Wildman–Crippen LogP) is 3.86. The molecule has 0 heterocycles. The van der Waals surface area contributed by atoms with Crippen LogP contribution in [-0.2, 0) is 0 Å². The Balaban J connectivity index is 2.00. The van der Waals surface area contributed by atoms with Crippen LogP contribution in [0.25, 0.3) is 0 Å². The average molecular weight is 232 g/mol. The molecule has 4 unspecified atom stereocenters. The van der Waals surface area contributed by atoms with Crippen molar-refractivity contribution >= 4 is 0 Å². The van der Waals surface area contributed by atoms with Gasteiger partial charge < -0.3 is 5.11 Å². The molecule has 1 N–H and O–H groups in total. The van der Waals surface area contributed by atoms with Crippen LogP contribution in [0, 0.1) is 17.8 Å². The molecule has 0 aromatic rings. The van der Waals surface area contributed by atoms with E-state index in [1.54, 1.807) is 0 Å². The summed E-state index contributed by atoms with van der Waals surface area (Å²) in [5.41, 5.74) is -0.650. The Morgan fingerprint density at radius 3 is 2.65 bits per heavy atom. The molecule has 0 aliphatic heterocycles. The van der Waals surface area contributed by atoms with Gasteiger partial charge in [0.1, 0.15) is 0 Å². The highest BCUT2D eigenvalue weighted by Gasteiger charge is 2.29. The molecule has 0 saturated carbocycles. The van der Waals surface area contributed by atoms with Gasteiger partial charge in [-0.1, -0.05) is 43.4 Å². The minimum atomic E-state index is -0.650. The van der Waals surface area contributed by atoms with E-state index in [0.29, 0.717) is 11.8 Å². The lowest BCUT2D eigenvalue weighted by atomic mass is 9.79. The molecule has 2 aliphatic rings. The molecule has 0 fully saturated rings. The summed E-state index contributed by atoms with van der Waals surface area (Å²) in [6.45, 7) is 4.20. The largest absolute Gasteiger partial charge is 0.385 e. The number of hydrogen-bond acceptors (Lipinski definition) is 1. The molecule has 0 bridgehead atoms. The van der Waals surface area contributed by atoms with Gasteiger partial charge in [-0.25, -0.2) is 0 Å². The Morgan fingerprint density at radius 1 is 1.18 bits per heavy atom. The van der Waals surface area contributed by atoms with Gasteiger partial charge in [0.15, 0.2) is 0 Å². The molecule has 17 heavy (non-hydrogen) atoms. The fourth-order valence-corrected chi connectivity index (χ4v) is 2.86. The second kappa shape index (κ2) is 5.22. The minimum absolute atomic E-state index is 0.283. The minimum Gasteiger partial charge on any atom is -0.385 e. The lowest BCUT2D eigenvalue weighted by molar-refractivity contribution is 0.0579. The molecular formula is C16H24O. The molecule has 2 aliphatic carbocycles. The van der Waals surface area contributed by atoms with Crippen molar-refractivity contribution in [3.63, 3.8) is 0 Å². The van der Waals surface area contributed by atoms with Gasteiger partial charge in [0.05, 0.1) is 5.60 Å². The van der Waals surface area contributed by atoms with E-state index in [1.165, 1.54) is 12.8 Å². The molecule has 94 valence electrons. The van der Waals surface area contributed by atoms with Gasteiger partial charge in [-0.3, -0.25) is 0 Å². The zero-order valence-electron chi connectivity index (χ0n) is 11.0. The standard InChI is InChI=1S/C16H24O/c1-13-7-3-4-8-14(13)10-11-15-9-5-6-12-16(15,2)17/h3,6-7,10-15,17H,4-5,8-9H2,1-2H3. The Kier molecular flexibility index (Phi) is 3.88. The van der Waals surface area contributed by atoms with E-state index < -0.39 is 5.60 Å². The molecule has 1 nitrogen and oxygen atoms in total. The summed E-state index contributed by atoms with van der Waals surface area (Å²) >= 11 is 0. The fraction of sp³-hybridized carbons (Fsp3) is 0.625. The van der Waals surface area contributed by atoms with Gasteiger partial charge in [-0.2, -0.15) is 0 Å². The zero-order chi connectivity index (χ0) is 12.3. The molecule has 0 spiro atoms. The first-order valence-corrected chi connectivity index (χ1v) is 6.84. The number of hydrogen-bond donors (Lipinski definition) is 1. The topological polar surface area (TPSA) is 20.2 Å². The summed E-state index contributed by atoms with van der Waals surface area (Å²) in [6, 6.07) is 0. The summed E-state index contributed by atoms with van der Waals surface area (Å²) in [5, 5.41) is 10.3. The van der Waals surface area contributed by atoms with Gasteiger partial charge in [0, 0.05) is 5.92 Å². The molecule has 2 rings (SSSR count). The second-order valence-electron chi connectivity index (χ2n) is 5.73. The van der Waals surface area contributed by atoms with Crippen LogP contribution in [0.1, 0.15) is 39.5 Å². The molecule has 0 radical (unpaired) electrons. The van der Waals surface area contributed by atoms with Crippen molar-refractivity contribution < 1.29 is 5.11 Å². The number of aliphatic hydroxyl groups is 1. The highest BCUT2D eigenvalue weighted by molar-refractivity contribution is 5.13. The van der Waals surface area contributed by atoms with E-state index in [4.69, 9.17) is 0 Å². The van der Waals surface area contributed by atoms with Crippen LogP contribution in [-0.4, -0.2) is 10.7 Å². The summed E-state index contributed by atoms with van der Waals surface area (Å²) in [6.07, 6.45) is 17.8. The van der Waals surface area contributed by atoms with Crippen molar-refractivity contribution in [1.82, 2.24) is 0 Å². The summed E-state index contributed by atoms with van der Waals surface area (Å²) in [7, 11) is 0. The highest BCUT2D eigenvalue weighted by atomic mass is 16.3. The predicted molar refractivity (Wildman–Crippen MR) is 72.7 cm³/mol. The highest BCUT2D eigenvalue weighted by Crippen LogP contribution is 2.32. The zero-order valence-corrected chi connectivity index (χ0v) is 11.0. The first-order chi connectivity index (χ1) is 8.09. The third-order valence-electron chi connectivity index (χ3n) is 4.22. The van der Waals surface area contributed by atoms with Gasteiger partial charge in [0.2, 0.25) is 0 Å². The van der Waals surface area contributed by atoms with Crippen molar-refractivity contribution in [1.29, 1.82) is 0 Å². The van der Waals surface area contributed by atoms with E-state index in [2.05, 4.69) is 37.3 Å². The second-order valence-corrected chi connectivity index (χ2v) is 5.73. The van der Waals surface area contributed by atoms with E-state index in [1.807, 2.05) is 13.0 Å². The van der Waals surface area contributed by atoms with Crippen LogP contribution in [0.4, 0.5) is 0 Å². The lowest BCUT2D eigenvalue weighted by Gasteiger charge is -2.31. The van der Waals surface area contributed by atoms with E-state index in [0.717, 1.165) is 12.8 Å². The van der Waals surface area contributed by atoms with Crippen molar-refractivity contribution in [3.05, 3.63) is 36.5 Å². The van der Waals surface area contributed by atoms with Crippen molar-refractivity contribution in [2.24, 2.45) is 17.8 Å². The van der Waals surface area contributed by atoms with Gasteiger partial charge in [-0.15, -0.1) is 0 Å². The normalized spacial score (nSPS) is 42.2. The van der Waals surface area contributed by atoms with Crippen LogP contribution < -0.4 is 0 Å². The van der Waals surface area contributed by atoms with Gasteiger partial charge in [-0.05, 0) is 44.4 Å². The van der Waals surface area contributed by atoms with E-state index in [9.17, 15) is 5.11 Å². The van der Waals surface area contributed by atoms with Crippen molar-refractivity contribution in [2.45, 2.75) is 45.1 Å². The molecular weight excluding hydrogens is 208 g/mol. The molecule has 0 aromatic heterocycles. The third-order valence-corrected chi connectivity index (χ3v) is 4.22. The van der Waals surface area contributed by atoms with Crippen LogP contribution in [0.15, 0.2) is 36.5 Å².